The Bertz CT molecular complexity index is 378. The molecule has 1 aliphatic carbocycles. The van der Waals surface area contributed by atoms with Crippen molar-refractivity contribution in [1.29, 1.82) is 0 Å². The van der Waals surface area contributed by atoms with E-state index in [2.05, 4.69) is 19.2 Å². The van der Waals surface area contributed by atoms with E-state index in [1.165, 1.54) is 12.0 Å². The van der Waals surface area contributed by atoms with Gasteiger partial charge in [0.05, 0.1) is 0 Å². The summed E-state index contributed by atoms with van der Waals surface area (Å²) in [6.45, 7) is 5.38. The van der Waals surface area contributed by atoms with E-state index in [0.29, 0.717) is 11.1 Å². The molecular formula is C13H17Cl2N. The molecular weight excluding hydrogens is 241 g/mol. The molecule has 0 amide bonds. The monoisotopic (exact) mass is 257 g/mol. The van der Waals surface area contributed by atoms with Crippen LogP contribution in [0.1, 0.15) is 31.9 Å². The number of hydrogen-bond acceptors (Lipinski definition) is 1. The van der Waals surface area contributed by atoms with E-state index >= 15 is 0 Å². The van der Waals surface area contributed by atoms with Gasteiger partial charge in [-0.05, 0) is 42.5 Å². The van der Waals surface area contributed by atoms with Gasteiger partial charge in [0.1, 0.15) is 0 Å². The average Bonchev–Trinajstić information content (AvgIpc) is 2.93. The molecule has 0 aromatic heterocycles. The van der Waals surface area contributed by atoms with Crippen molar-refractivity contribution in [3.63, 3.8) is 0 Å². The van der Waals surface area contributed by atoms with E-state index in [9.17, 15) is 0 Å². The zero-order valence-electron chi connectivity index (χ0n) is 9.63. The zero-order chi connectivity index (χ0) is 11.7. The first-order chi connectivity index (χ1) is 7.63. The molecule has 1 nitrogen and oxygen atoms in total. The Morgan fingerprint density at radius 2 is 2.12 bits per heavy atom. The Balaban J connectivity index is 2.24. The molecule has 0 radical (unpaired) electrons. The van der Waals surface area contributed by atoms with Crippen LogP contribution in [-0.4, -0.2) is 6.54 Å². The van der Waals surface area contributed by atoms with E-state index < -0.39 is 0 Å². The Kier molecular flexibility index (Phi) is 3.78. The van der Waals surface area contributed by atoms with Crippen molar-refractivity contribution in [3.8, 4) is 0 Å². The Hall–Kier alpha value is -0.240. The van der Waals surface area contributed by atoms with Crippen molar-refractivity contribution < 1.29 is 0 Å². The summed E-state index contributed by atoms with van der Waals surface area (Å²) in [5.41, 5.74) is 1.18. The van der Waals surface area contributed by atoms with Crippen LogP contribution in [0.25, 0.3) is 0 Å². The van der Waals surface area contributed by atoms with E-state index in [0.717, 1.165) is 23.4 Å². The lowest BCUT2D eigenvalue weighted by molar-refractivity contribution is 0.476. The molecule has 16 heavy (non-hydrogen) atoms. The topological polar surface area (TPSA) is 12.0 Å². The van der Waals surface area contributed by atoms with Gasteiger partial charge in [0.2, 0.25) is 0 Å². The molecule has 0 bridgehead atoms. The van der Waals surface area contributed by atoms with E-state index in [1.54, 1.807) is 0 Å². The Morgan fingerprint density at radius 3 is 2.62 bits per heavy atom. The Morgan fingerprint density at radius 1 is 1.44 bits per heavy atom. The minimum atomic E-state index is 0.379. The first-order valence-corrected chi connectivity index (χ1v) is 6.57. The smallest absolute Gasteiger partial charge is 0.0468 e. The van der Waals surface area contributed by atoms with Gasteiger partial charge in [0.15, 0.2) is 0 Å². The molecule has 0 saturated heterocycles. The summed E-state index contributed by atoms with van der Waals surface area (Å²) >= 11 is 12.2. The van der Waals surface area contributed by atoms with Crippen molar-refractivity contribution in [1.82, 2.24) is 5.32 Å². The third-order valence-electron chi connectivity index (χ3n) is 3.32. The number of nitrogens with one attached hydrogen (secondary N) is 1. The van der Waals surface area contributed by atoms with Crippen LogP contribution in [-0.2, 0) is 0 Å². The number of halogens is 2. The van der Waals surface area contributed by atoms with Crippen LogP contribution in [0.4, 0.5) is 0 Å². The van der Waals surface area contributed by atoms with Crippen molar-refractivity contribution in [2.24, 2.45) is 11.8 Å². The SMILES string of the molecule is CCNC(c1ccc(Cl)cc1Cl)C1CC1C. The second-order valence-electron chi connectivity index (χ2n) is 4.58. The second kappa shape index (κ2) is 4.95. The summed E-state index contributed by atoms with van der Waals surface area (Å²) in [5.74, 6) is 1.52. The van der Waals surface area contributed by atoms with Gasteiger partial charge in [-0.2, -0.15) is 0 Å². The summed E-state index contributed by atoms with van der Waals surface area (Å²) in [6, 6.07) is 6.17. The fraction of sp³-hybridized carbons (Fsp3) is 0.538. The van der Waals surface area contributed by atoms with Crippen LogP contribution in [0, 0.1) is 11.8 Å². The summed E-state index contributed by atoms with van der Waals surface area (Å²) in [6.07, 6.45) is 1.29. The normalized spacial score (nSPS) is 25.5. The van der Waals surface area contributed by atoms with Crippen molar-refractivity contribution in [2.75, 3.05) is 6.54 Å². The van der Waals surface area contributed by atoms with Gasteiger partial charge in [-0.1, -0.05) is 43.1 Å². The highest BCUT2D eigenvalue weighted by molar-refractivity contribution is 6.35. The summed E-state index contributed by atoms with van der Waals surface area (Å²) in [7, 11) is 0. The maximum Gasteiger partial charge on any atom is 0.0468 e. The van der Waals surface area contributed by atoms with Crippen molar-refractivity contribution >= 4 is 23.2 Å². The van der Waals surface area contributed by atoms with Crippen molar-refractivity contribution in [3.05, 3.63) is 33.8 Å². The predicted octanol–water partition coefficient (Wildman–Crippen LogP) is 4.30. The number of rotatable bonds is 4. The standard InChI is InChI=1S/C13H17Cl2N/c1-3-16-13(11-6-8(11)2)10-5-4-9(14)7-12(10)15/h4-5,7-8,11,13,16H,3,6H2,1-2H3. The fourth-order valence-corrected chi connectivity index (χ4v) is 2.81. The van der Waals surface area contributed by atoms with Crippen LogP contribution in [0.2, 0.25) is 10.0 Å². The quantitative estimate of drug-likeness (QED) is 0.849. The van der Waals surface area contributed by atoms with Crippen molar-refractivity contribution in [2.45, 2.75) is 26.3 Å². The lowest BCUT2D eigenvalue weighted by Gasteiger charge is -2.19. The third kappa shape index (κ3) is 2.53. The fourth-order valence-electron chi connectivity index (χ4n) is 2.28. The zero-order valence-corrected chi connectivity index (χ0v) is 11.1. The number of hydrogen-bond donors (Lipinski definition) is 1. The minimum absolute atomic E-state index is 0.379. The predicted molar refractivity (Wildman–Crippen MR) is 70.2 cm³/mol. The van der Waals surface area contributed by atoms with Gasteiger partial charge in [-0.3, -0.25) is 0 Å². The molecule has 0 aliphatic heterocycles. The molecule has 3 unspecified atom stereocenters. The van der Waals surface area contributed by atoms with Gasteiger partial charge in [-0.25, -0.2) is 0 Å². The molecule has 3 heteroatoms. The first kappa shape index (κ1) is 12.2. The molecule has 1 N–H and O–H groups in total. The van der Waals surface area contributed by atoms with E-state index in [-0.39, 0.29) is 0 Å². The highest BCUT2D eigenvalue weighted by Gasteiger charge is 2.40. The van der Waals surface area contributed by atoms with Gasteiger partial charge in [-0.15, -0.1) is 0 Å². The molecule has 1 fully saturated rings. The second-order valence-corrected chi connectivity index (χ2v) is 5.42. The Labute approximate surface area is 107 Å². The lowest BCUT2D eigenvalue weighted by Crippen LogP contribution is -2.23. The summed E-state index contributed by atoms with van der Waals surface area (Å²) in [5, 5.41) is 5.00. The maximum atomic E-state index is 6.26. The summed E-state index contributed by atoms with van der Waals surface area (Å²) in [4.78, 5) is 0. The average molecular weight is 258 g/mol. The van der Waals surface area contributed by atoms with E-state index in [4.69, 9.17) is 23.2 Å². The number of benzene rings is 1. The molecule has 1 saturated carbocycles. The largest absolute Gasteiger partial charge is 0.310 e. The molecule has 0 spiro atoms. The van der Waals surface area contributed by atoms with Crippen LogP contribution in [0.5, 0.6) is 0 Å². The molecule has 0 heterocycles. The molecule has 1 aliphatic rings. The van der Waals surface area contributed by atoms with Gasteiger partial charge in [0.25, 0.3) is 0 Å². The first-order valence-electron chi connectivity index (χ1n) is 5.81. The van der Waals surface area contributed by atoms with E-state index in [1.807, 2.05) is 18.2 Å². The highest BCUT2D eigenvalue weighted by Crippen LogP contribution is 2.48. The molecule has 1 aromatic carbocycles. The van der Waals surface area contributed by atoms with Gasteiger partial charge >= 0.3 is 0 Å². The highest BCUT2D eigenvalue weighted by atomic mass is 35.5. The molecule has 1 aromatic rings. The third-order valence-corrected chi connectivity index (χ3v) is 3.88. The molecule has 88 valence electrons. The maximum absolute atomic E-state index is 6.26. The van der Waals surface area contributed by atoms with Gasteiger partial charge in [0, 0.05) is 16.1 Å². The van der Waals surface area contributed by atoms with Crippen LogP contribution >= 0.6 is 23.2 Å². The lowest BCUT2D eigenvalue weighted by atomic mass is 10.0. The minimum Gasteiger partial charge on any atom is -0.310 e. The molecule has 2 rings (SSSR count). The van der Waals surface area contributed by atoms with Crippen LogP contribution < -0.4 is 5.32 Å². The molecule has 3 atom stereocenters. The van der Waals surface area contributed by atoms with Crippen LogP contribution in [0.15, 0.2) is 18.2 Å². The summed E-state index contributed by atoms with van der Waals surface area (Å²) < 4.78 is 0. The van der Waals surface area contributed by atoms with Crippen LogP contribution in [0.3, 0.4) is 0 Å². The van der Waals surface area contributed by atoms with Gasteiger partial charge < -0.3 is 5.32 Å².